The second-order valence-corrected chi connectivity index (χ2v) is 5.94. The predicted molar refractivity (Wildman–Crippen MR) is 99.0 cm³/mol. The van der Waals surface area contributed by atoms with E-state index in [-0.39, 0.29) is 29.0 Å². The number of aromatic nitrogens is 2. The number of methoxy groups -OCH3 is 2. The Morgan fingerprint density at radius 2 is 1.62 bits per heavy atom. The zero-order chi connectivity index (χ0) is 21.2. The number of rotatable bonds is 5. The zero-order valence-corrected chi connectivity index (χ0v) is 15.8. The maximum absolute atomic E-state index is 13.0. The fourth-order valence-corrected chi connectivity index (χ4v) is 2.72. The lowest BCUT2D eigenvalue weighted by Gasteiger charge is -2.13. The molecule has 0 N–H and O–H groups in total. The number of esters is 1. The third-order valence-corrected chi connectivity index (χ3v) is 4.09. The molecule has 2 aromatic carbocycles. The Kier molecular flexibility index (Phi) is 5.58. The smallest absolute Gasteiger partial charge is 0.416 e. The molecule has 1 aromatic heterocycles. The van der Waals surface area contributed by atoms with E-state index in [0.29, 0.717) is 17.1 Å². The van der Waals surface area contributed by atoms with Crippen molar-refractivity contribution in [3.05, 3.63) is 47.7 Å². The number of fused-ring (bicyclic) bond motifs is 1. The topological polar surface area (TPSA) is 70.5 Å². The van der Waals surface area contributed by atoms with Crippen molar-refractivity contribution >= 4 is 17.0 Å². The highest BCUT2D eigenvalue weighted by atomic mass is 19.4. The van der Waals surface area contributed by atoms with Gasteiger partial charge in [-0.1, -0.05) is 0 Å². The van der Waals surface area contributed by atoms with E-state index < -0.39 is 17.7 Å². The number of carbonyl (C=O) groups excluding carboxylic acids is 1. The molecule has 0 bridgehead atoms. The zero-order valence-electron chi connectivity index (χ0n) is 15.8. The summed E-state index contributed by atoms with van der Waals surface area (Å²) >= 11 is 0. The van der Waals surface area contributed by atoms with E-state index in [1.54, 1.807) is 25.1 Å². The Morgan fingerprint density at radius 1 is 0.966 bits per heavy atom. The minimum absolute atomic E-state index is 0.0681. The summed E-state index contributed by atoms with van der Waals surface area (Å²) in [5.41, 5.74) is -0.366. The number of alkyl halides is 3. The molecule has 0 saturated heterocycles. The lowest BCUT2D eigenvalue weighted by Crippen LogP contribution is -2.11. The Balaban J connectivity index is 2.27. The molecule has 9 heteroatoms. The number of benzene rings is 2. The van der Waals surface area contributed by atoms with Crippen molar-refractivity contribution in [2.75, 3.05) is 20.8 Å². The number of nitrogens with zero attached hydrogens (tertiary/aromatic N) is 2. The summed E-state index contributed by atoms with van der Waals surface area (Å²) < 4.78 is 54.6. The van der Waals surface area contributed by atoms with Crippen LogP contribution in [0, 0.1) is 0 Å². The van der Waals surface area contributed by atoms with E-state index in [1.165, 1.54) is 20.3 Å². The molecule has 6 nitrogen and oxygen atoms in total. The van der Waals surface area contributed by atoms with E-state index in [4.69, 9.17) is 14.2 Å². The van der Waals surface area contributed by atoms with Crippen molar-refractivity contribution in [1.29, 1.82) is 0 Å². The second-order valence-electron chi connectivity index (χ2n) is 5.94. The fourth-order valence-electron chi connectivity index (χ4n) is 2.72. The summed E-state index contributed by atoms with van der Waals surface area (Å²) in [4.78, 5) is 21.0. The summed E-state index contributed by atoms with van der Waals surface area (Å²) in [6.07, 6.45) is -4.54. The van der Waals surface area contributed by atoms with Crippen LogP contribution < -0.4 is 9.47 Å². The molecule has 152 valence electrons. The first-order valence-electron chi connectivity index (χ1n) is 8.56. The standard InChI is InChI=1S/C20H17F3N2O4/c1-4-29-19(26)18-17(11-7-13(27-2)10-14(8-11)28-3)24-15-6-5-12(20(21,22)23)9-16(15)25-18/h5-10H,4H2,1-3H3. The molecule has 0 atom stereocenters. The van der Waals surface area contributed by atoms with Gasteiger partial charge in [0.2, 0.25) is 0 Å². The quantitative estimate of drug-likeness (QED) is 0.581. The lowest BCUT2D eigenvalue weighted by molar-refractivity contribution is -0.137. The normalized spacial score (nSPS) is 11.4. The van der Waals surface area contributed by atoms with Crippen molar-refractivity contribution < 1.29 is 32.2 Å². The monoisotopic (exact) mass is 406 g/mol. The average Bonchev–Trinajstić information content (AvgIpc) is 2.71. The molecule has 1 heterocycles. The Labute approximate surface area is 164 Å². The van der Waals surface area contributed by atoms with E-state index in [9.17, 15) is 18.0 Å². The summed E-state index contributed by atoms with van der Waals surface area (Å²) in [5, 5.41) is 0. The minimum atomic E-state index is -4.54. The van der Waals surface area contributed by atoms with E-state index in [0.717, 1.165) is 12.1 Å². The molecule has 0 saturated carbocycles. The van der Waals surface area contributed by atoms with Crippen LogP contribution >= 0.6 is 0 Å². The molecule has 0 radical (unpaired) electrons. The average molecular weight is 406 g/mol. The molecule has 0 amide bonds. The molecule has 0 fully saturated rings. The minimum Gasteiger partial charge on any atom is -0.497 e. The van der Waals surface area contributed by atoms with Gasteiger partial charge in [0.05, 0.1) is 37.4 Å². The molecule has 0 spiro atoms. The molecule has 0 aliphatic rings. The van der Waals surface area contributed by atoms with Crippen molar-refractivity contribution in [1.82, 2.24) is 9.97 Å². The molecular formula is C20H17F3N2O4. The highest BCUT2D eigenvalue weighted by Gasteiger charge is 2.31. The van der Waals surface area contributed by atoms with Gasteiger partial charge in [-0.05, 0) is 37.3 Å². The van der Waals surface area contributed by atoms with Gasteiger partial charge in [-0.15, -0.1) is 0 Å². The van der Waals surface area contributed by atoms with Crippen LogP contribution in [-0.4, -0.2) is 36.8 Å². The number of ether oxygens (including phenoxy) is 3. The van der Waals surface area contributed by atoms with E-state index in [2.05, 4.69) is 9.97 Å². The Bertz CT molecular complexity index is 1050. The van der Waals surface area contributed by atoms with Crippen LogP contribution in [0.4, 0.5) is 13.2 Å². The molecule has 0 aliphatic heterocycles. The third kappa shape index (κ3) is 4.23. The first kappa shape index (κ1) is 20.4. The SMILES string of the molecule is CCOC(=O)c1nc2cc(C(F)(F)F)ccc2nc1-c1cc(OC)cc(OC)c1. The molecule has 3 aromatic rings. The number of halogens is 3. The summed E-state index contributed by atoms with van der Waals surface area (Å²) in [5.74, 6) is 0.100. The van der Waals surface area contributed by atoms with E-state index >= 15 is 0 Å². The third-order valence-electron chi connectivity index (χ3n) is 4.09. The van der Waals surface area contributed by atoms with Crippen LogP contribution in [0.3, 0.4) is 0 Å². The van der Waals surface area contributed by atoms with Crippen LogP contribution in [0.15, 0.2) is 36.4 Å². The van der Waals surface area contributed by atoms with E-state index in [1.807, 2.05) is 0 Å². The number of carbonyl (C=O) groups is 1. The summed E-state index contributed by atoms with van der Waals surface area (Å²) in [6.45, 7) is 1.68. The lowest BCUT2D eigenvalue weighted by atomic mass is 10.1. The molecular weight excluding hydrogens is 389 g/mol. The van der Waals surface area contributed by atoms with Gasteiger partial charge >= 0.3 is 12.1 Å². The maximum Gasteiger partial charge on any atom is 0.416 e. The van der Waals surface area contributed by atoms with Crippen molar-refractivity contribution in [3.63, 3.8) is 0 Å². The largest absolute Gasteiger partial charge is 0.497 e. The molecule has 0 aliphatic carbocycles. The van der Waals surface area contributed by atoms with Gasteiger partial charge in [-0.2, -0.15) is 13.2 Å². The molecule has 29 heavy (non-hydrogen) atoms. The van der Waals surface area contributed by atoms with Gasteiger partial charge in [0.15, 0.2) is 5.69 Å². The Hall–Kier alpha value is -3.36. The second kappa shape index (κ2) is 7.94. The van der Waals surface area contributed by atoms with Gasteiger partial charge in [0.25, 0.3) is 0 Å². The van der Waals surface area contributed by atoms with Crippen LogP contribution in [0.2, 0.25) is 0 Å². The van der Waals surface area contributed by atoms with Crippen LogP contribution in [0.1, 0.15) is 23.0 Å². The van der Waals surface area contributed by atoms with Crippen LogP contribution in [0.25, 0.3) is 22.3 Å². The van der Waals surface area contributed by atoms with Gasteiger partial charge in [0.1, 0.15) is 17.2 Å². The van der Waals surface area contributed by atoms with Crippen molar-refractivity contribution in [3.8, 4) is 22.8 Å². The number of hydrogen-bond acceptors (Lipinski definition) is 6. The summed E-state index contributed by atoms with van der Waals surface area (Å²) in [6, 6.07) is 7.84. The Morgan fingerprint density at radius 3 is 2.17 bits per heavy atom. The highest BCUT2D eigenvalue weighted by Crippen LogP contribution is 2.34. The maximum atomic E-state index is 13.0. The fraction of sp³-hybridized carbons (Fsp3) is 0.250. The first-order valence-corrected chi connectivity index (χ1v) is 8.56. The molecule has 0 unspecified atom stereocenters. The van der Waals surface area contributed by atoms with Crippen LogP contribution in [0.5, 0.6) is 11.5 Å². The van der Waals surface area contributed by atoms with Crippen LogP contribution in [-0.2, 0) is 10.9 Å². The van der Waals surface area contributed by atoms with Crippen molar-refractivity contribution in [2.24, 2.45) is 0 Å². The highest BCUT2D eigenvalue weighted by molar-refractivity contribution is 5.97. The first-order chi connectivity index (χ1) is 13.8. The van der Waals surface area contributed by atoms with Gasteiger partial charge < -0.3 is 14.2 Å². The van der Waals surface area contributed by atoms with Gasteiger partial charge in [-0.3, -0.25) is 0 Å². The van der Waals surface area contributed by atoms with Crippen molar-refractivity contribution in [2.45, 2.75) is 13.1 Å². The van der Waals surface area contributed by atoms with Gasteiger partial charge in [-0.25, -0.2) is 14.8 Å². The summed E-state index contributed by atoms with van der Waals surface area (Å²) in [7, 11) is 2.94. The predicted octanol–water partition coefficient (Wildman–Crippen LogP) is 4.51. The number of hydrogen-bond donors (Lipinski definition) is 0. The molecule has 3 rings (SSSR count). The van der Waals surface area contributed by atoms with Gasteiger partial charge in [0, 0.05) is 11.6 Å².